The molecule has 26 heavy (non-hydrogen) atoms. The monoisotopic (exact) mass is 356 g/mol. The largest absolute Gasteiger partial charge is 0.497 e. The minimum absolute atomic E-state index is 0.0874. The fourth-order valence-electron chi connectivity index (χ4n) is 3.51. The molecule has 1 fully saturated rings. The van der Waals surface area contributed by atoms with Crippen molar-refractivity contribution < 1.29 is 14.3 Å². The predicted octanol–water partition coefficient (Wildman–Crippen LogP) is 1.77. The quantitative estimate of drug-likeness (QED) is 0.886. The fourth-order valence-corrected chi connectivity index (χ4v) is 3.51. The summed E-state index contributed by atoms with van der Waals surface area (Å²) in [5.74, 6) is 0.757. The zero-order chi connectivity index (χ0) is 18.7. The van der Waals surface area contributed by atoms with Gasteiger partial charge in [-0.1, -0.05) is 6.07 Å². The van der Waals surface area contributed by atoms with E-state index in [1.807, 2.05) is 20.3 Å². The highest BCUT2D eigenvalue weighted by molar-refractivity contribution is 5.94. The van der Waals surface area contributed by atoms with Gasteiger partial charge in [0.1, 0.15) is 5.75 Å². The van der Waals surface area contributed by atoms with Gasteiger partial charge >= 0.3 is 0 Å². The van der Waals surface area contributed by atoms with Gasteiger partial charge in [0.15, 0.2) is 0 Å². The predicted molar refractivity (Wildman–Crippen MR) is 96.8 cm³/mol. The van der Waals surface area contributed by atoms with Crippen LogP contribution in [0.15, 0.2) is 36.7 Å². The first-order valence-corrected chi connectivity index (χ1v) is 8.66. The topological polar surface area (TPSA) is 76.5 Å². The Balaban J connectivity index is 1.72. The molecule has 2 heterocycles. The molecule has 2 aromatic rings. The molecule has 1 aromatic carbocycles. The molecule has 1 aliphatic rings. The third-order valence-electron chi connectivity index (χ3n) is 4.91. The summed E-state index contributed by atoms with van der Waals surface area (Å²) >= 11 is 0. The van der Waals surface area contributed by atoms with E-state index in [0.717, 1.165) is 12.0 Å². The molecule has 1 N–H and O–H groups in total. The van der Waals surface area contributed by atoms with E-state index in [-0.39, 0.29) is 23.8 Å². The van der Waals surface area contributed by atoms with Crippen LogP contribution in [0.4, 0.5) is 0 Å². The standard InChI is InChI=1S/C19H24N4O3/c1-22-12-15(11-21-22)18-14(7-8-17(24)23(18)2)10-20-19(25)13-5-4-6-16(9-13)26-3/h4-6,9,11-12,14,18H,7-8,10H2,1-3H3,(H,20,25)/t14-,18+/m1/s1. The average molecular weight is 356 g/mol. The van der Waals surface area contributed by atoms with E-state index >= 15 is 0 Å². The highest BCUT2D eigenvalue weighted by Gasteiger charge is 2.35. The number of likely N-dealkylation sites (tertiary alicyclic amines) is 1. The SMILES string of the molecule is COc1cccc(C(=O)NC[C@H]2CCC(=O)N(C)[C@@H]2c2cnn(C)c2)c1. The minimum Gasteiger partial charge on any atom is -0.497 e. The van der Waals surface area contributed by atoms with E-state index in [9.17, 15) is 9.59 Å². The van der Waals surface area contributed by atoms with Gasteiger partial charge in [-0.2, -0.15) is 5.10 Å². The molecule has 2 atom stereocenters. The smallest absolute Gasteiger partial charge is 0.251 e. The maximum absolute atomic E-state index is 12.5. The number of nitrogens with one attached hydrogen (secondary N) is 1. The summed E-state index contributed by atoms with van der Waals surface area (Å²) in [6, 6.07) is 6.98. The lowest BCUT2D eigenvalue weighted by atomic mass is 9.85. The number of methoxy groups -OCH3 is 1. The first-order chi connectivity index (χ1) is 12.5. The van der Waals surface area contributed by atoms with Crippen LogP contribution < -0.4 is 10.1 Å². The molecule has 0 radical (unpaired) electrons. The Labute approximate surface area is 152 Å². The van der Waals surface area contributed by atoms with Gasteiger partial charge in [0.05, 0.1) is 19.3 Å². The van der Waals surface area contributed by atoms with Gasteiger partial charge in [-0.3, -0.25) is 14.3 Å². The van der Waals surface area contributed by atoms with Crippen molar-refractivity contribution in [3.8, 4) is 5.75 Å². The number of piperidine rings is 1. The second-order valence-corrected chi connectivity index (χ2v) is 6.64. The summed E-state index contributed by atoms with van der Waals surface area (Å²) in [4.78, 5) is 26.4. The van der Waals surface area contributed by atoms with E-state index < -0.39 is 0 Å². The lowest BCUT2D eigenvalue weighted by Crippen LogP contribution is -2.44. The molecule has 1 aromatic heterocycles. The molecule has 7 heteroatoms. The van der Waals surface area contributed by atoms with Crippen molar-refractivity contribution in [2.75, 3.05) is 20.7 Å². The van der Waals surface area contributed by atoms with E-state index in [0.29, 0.717) is 24.3 Å². The fraction of sp³-hybridized carbons (Fsp3) is 0.421. The molecule has 1 aliphatic heterocycles. The second kappa shape index (κ2) is 7.59. The van der Waals surface area contributed by atoms with Crippen LogP contribution in [0.25, 0.3) is 0 Å². The Kier molecular flexibility index (Phi) is 5.25. The third-order valence-corrected chi connectivity index (χ3v) is 4.91. The molecule has 0 unspecified atom stereocenters. The lowest BCUT2D eigenvalue weighted by molar-refractivity contribution is -0.136. The lowest BCUT2D eigenvalue weighted by Gasteiger charge is -2.38. The molecule has 0 aliphatic carbocycles. The summed E-state index contributed by atoms with van der Waals surface area (Å²) in [7, 11) is 5.24. The van der Waals surface area contributed by atoms with Crippen molar-refractivity contribution in [1.82, 2.24) is 20.0 Å². The summed E-state index contributed by atoms with van der Waals surface area (Å²) < 4.78 is 6.90. The molecular weight excluding hydrogens is 332 g/mol. The van der Waals surface area contributed by atoms with Crippen LogP contribution in [0.2, 0.25) is 0 Å². The Morgan fingerprint density at radius 3 is 2.88 bits per heavy atom. The van der Waals surface area contributed by atoms with Crippen molar-refractivity contribution >= 4 is 11.8 Å². The van der Waals surface area contributed by atoms with Gasteiger partial charge in [-0.25, -0.2) is 0 Å². The van der Waals surface area contributed by atoms with Gasteiger partial charge in [0, 0.05) is 50.3 Å². The summed E-state index contributed by atoms with van der Waals surface area (Å²) in [6.07, 6.45) is 4.95. The minimum atomic E-state index is -0.145. The maximum atomic E-state index is 12.5. The molecule has 0 saturated carbocycles. The second-order valence-electron chi connectivity index (χ2n) is 6.64. The van der Waals surface area contributed by atoms with Crippen molar-refractivity contribution in [1.29, 1.82) is 0 Å². The summed E-state index contributed by atoms with van der Waals surface area (Å²) in [6.45, 7) is 0.493. The Hall–Kier alpha value is -2.83. The van der Waals surface area contributed by atoms with Crippen LogP contribution in [0.3, 0.4) is 0 Å². The Morgan fingerprint density at radius 2 is 2.19 bits per heavy atom. The van der Waals surface area contributed by atoms with E-state index in [1.54, 1.807) is 47.2 Å². The number of ether oxygens (including phenoxy) is 1. The number of aryl methyl sites for hydroxylation is 1. The van der Waals surface area contributed by atoms with Crippen molar-refractivity contribution in [3.05, 3.63) is 47.8 Å². The first kappa shape index (κ1) is 18.0. The number of rotatable bonds is 5. The number of hydrogen-bond acceptors (Lipinski definition) is 4. The van der Waals surface area contributed by atoms with Crippen LogP contribution in [-0.4, -0.2) is 47.2 Å². The third kappa shape index (κ3) is 3.71. The molecule has 138 valence electrons. The Morgan fingerprint density at radius 1 is 1.38 bits per heavy atom. The Bertz CT molecular complexity index is 802. The highest BCUT2D eigenvalue weighted by atomic mass is 16.5. The average Bonchev–Trinajstić information content (AvgIpc) is 3.08. The number of benzene rings is 1. The van der Waals surface area contributed by atoms with E-state index in [4.69, 9.17) is 4.74 Å². The van der Waals surface area contributed by atoms with E-state index in [2.05, 4.69) is 10.4 Å². The van der Waals surface area contributed by atoms with Crippen molar-refractivity contribution in [2.24, 2.45) is 13.0 Å². The van der Waals surface area contributed by atoms with Crippen LogP contribution in [-0.2, 0) is 11.8 Å². The number of hydrogen-bond donors (Lipinski definition) is 1. The number of amides is 2. The number of carbonyl (C=O) groups excluding carboxylic acids is 2. The molecule has 7 nitrogen and oxygen atoms in total. The van der Waals surface area contributed by atoms with E-state index in [1.165, 1.54) is 0 Å². The first-order valence-electron chi connectivity index (χ1n) is 8.66. The van der Waals surface area contributed by atoms with Gasteiger partial charge in [0.2, 0.25) is 5.91 Å². The van der Waals surface area contributed by atoms with Crippen LogP contribution in [0.1, 0.15) is 34.8 Å². The zero-order valence-electron chi connectivity index (χ0n) is 15.3. The van der Waals surface area contributed by atoms with Crippen molar-refractivity contribution in [2.45, 2.75) is 18.9 Å². The summed E-state index contributed by atoms with van der Waals surface area (Å²) in [5, 5.41) is 7.23. The number of aromatic nitrogens is 2. The van der Waals surface area contributed by atoms with Gasteiger partial charge in [-0.15, -0.1) is 0 Å². The van der Waals surface area contributed by atoms with Gasteiger partial charge in [-0.05, 0) is 24.6 Å². The normalized spacial score (nSPS) is 20.1. The van der Waals surface area contributed by atoms with Crippen LogP contribution in [0, 0.1) is 5.92 Å². The molecule has 3 rings (SSSR count). The molecule has 0 bridgehead atoms. The number of nitrogens with zero attached hydrogens (tertiary/aromatic N) is 3. The highest BCUT2D eigenvalue weighted by Crippen LogP contribution is 2.35. The zero-order valence-corrected chi connectivity index (χ0v) is 15.3. The van der Waals surface area contributed by atoms with Crippen LogP contribution >= 0.6 is 0 Å². The molecular formula is C19H24N4O3. The van der Waals surface area contributed by atoms with Crippen LogP contribution in [0.5, 0.6) is 5.75 Å². The molecule has 0 spiro atoms. The van der Waals surface area contributed by atoms with Gasteiger partial charge < -0.3 is 15.0 Å². The molecule has 1 saturated heterocycles. The number of carbonyl (C=O) groups is 2. The van der Waals surface area contributed by atoms with Gasteiger partial charge in [0.25, 0.3) is 5.91 Å². The maximum Gasteiger partial charge on any atom is 0.251 e. The molecule has 2 amide bonds. The van der Waals surface area contributed by atoms with Crippen molar-refractivity contribution in [3.63, 3.8) is 0 Å². The summed E-state index contributed by atoms with van der Waals surface area (Å²) in [5.41, 5.74) is 1.55.